The molecule has 0 aliphatic heterocycles. The van der Waals surface area contributed by atoms with Gasteiger partial charge in [-0.1, -0.05) is 23.8 Å². The fourth-order valence-electron chi connectivity index (χ4n) is 1.83. The van der Waals surface area contributed by atoms with Crippen LogP contribution in [0.5, 0.6) is 0 Å². The number of carbonyl (C=O) groups is 1. The van der Waals surface area contributed by atoms with Crippen molar-refractivity contribution in [1.82, 2.24) is 5.43 Å². The SMILES string of the molecule is Cc1ccc2c(c1)CC(N)(NN)C2=O. The van der Waals surface area contributed by atoms with Gasteiger partial charge in [-0.05, 0) is 12.5 Å². The van der Waals surface area contributed by atoms with E-state index in [9.17, 15) is 4.79 Å². The molecule has 0 heterocycles. The summed E-state index contributed by atoms with van der Waals surface area (Å²) in [5.74, 6) is 5.15. The number of benzene rings is 1. The molecule has 2 rings (SSSR count). The van der Waals surface area contributed by atoms with Gasteiger partial charge in [0.25, 0.3) is 0 Å². The number of ketones is 1. The zero-order valence-corrected chi connectivity index (χ0v) is 8.00. The quantitative estimate of drug-likeness (QED) is 0.327. The predicted molar refractivity (Wildman–Crippen MR) is 53.5 cm³/mol. The minimum absolute atomic E-state index is 0.130. The van der Waals surface area contributed by atoms with Gasteiger partial charge in [0, 0.05) is 12.0 Å². The van der Waals surface area contributed by atoms with Crippen molar-refractivity contribution in [2.45, 2.75) is 19.0 Å². The molecule has 1 atom stereocenters. The molecule has 0 aromatic heterocycles. The van der Waals surface area contributed by atoms with Crippen LogP contribution < -0.4 is 17.0 Å². The van der Waals surface area contributed by atoms with Crippen molar-refractivity contribution in [3.63, 3.8) is 0 Å². The Morgan fingerprint density at radius 1 is 1.50 bits per heavy atom. The number of rotatable bonds is 1. The average molecular weight is 191 g/mol. The van der Waals surface area contributed by atoms with Crippen LogP contribution in [-0.2, 0) is 6.42 Å². The van der Waals surface area contributed by atoms with Crippen molar-refractivity contribution < 1.29 is 4.79 Å². The second-order valence-electron chi connectivity index (χ2n) is 3.78. The standard InChI is InChI=1S/C10H13N3O/c1-6-2-3-8-7(4-6)5-10(11,13-12)9(8)14/h2-4,13H,5,11-12H2,1H3. The number of carbonyl (C=O) groups excluding carboxylic acids is 1. The maximum absolute atomic E-state index is 11.8. The van der Waals surface area contributed by atoms with E-state index in [1.54, 1.807) is 6.07 Å². The Morgan fingerprint density at radius 2 is 2.21 bits per heavy atom. The van der Waals surface area contributed by atoms with Gasteiger partial charge in [0.1, 0.15) is 5.66 Å². The second kappa shape index (κ2) is 2.88. The number of Topliss-reactive ketones (excluding diaryl/α,β-unsaturated/α-hetero) is 1. The molecule has 74 valence electrons. The first-order chi connectivity index (χ1) is 6.57. The highest BCUT2D eigenvalue weighted by Gasteiger charge is 2.41. The van der Waals surface area contributed by atoms with Crippen molar-refractivity contribution in [3.05, 3.63) is 34.9 Å². The van der Waals surface area contributed by atoms with Gasteiger partial charge in [0.05, 0.1) is 0 Å². The van der Waals surface area contributed by atoms with Crippen LogP contribution in [0.3, 0.4) is 0 Å². The number of nitrogens with two attached hydrogens (primary N) is 2. The summed E-state index contributed by atoms with van der Waals surface area (Å²) in [6, 6.07) is 5.68. The van der Waals surface area contributed by atoms with E-state index in [0.29, 0.717) is 12.0 Å². The van der Waals surface area contributed by atoms with Crippen molar-refractivity contribution in [3.8, 4) is 0 Å². The Morgan fingerprint density at radius 3 is 2.86 bits per heavy atom. The third-order valence-electron chi connectivity index (χ3n) is 2.64. The van der Waals surface area contributed by atoms with E-state index in [4.69, 9.17) is 11.6 Å². The molecule has 4 heteroatoms. The summed E-state index contributed by atoms with van der Waals surface area (Å²) in [5.41, 5.74) is 9.85. The summed E-state index contributed by atoms with van der Waals surface area (Å²) in [4.78, 5) is 11.8. The summed E-state index contributed by atoms with van der Waals surface area (Å²) in [6.45, 7) is 1.98. The van der Waals surface area contributed by atoms with Gasteiger partial charge in [-0.25, -0.2) is 5.43 Å². The highest BCUT2D eigenvalue weighted by atomic mass is 16.1. The molecule has 0 radical (unpaired) electrons. The smallest absolute Gasteiger partial charge is 0.199 e. The third kappa shape index (κ3) is 1.16. The highest BCUT2D eigenvalue weighted by Crippen LogP contribution is 2.26. The van der Waals surface area contributed by atoms with E-state index >= 15 is 0 Å². The van der Waals surface area contributed by atoms with E-state index in [1.807, 2.05) is 19.1 Å². The lowest BCUT2D eigenvalue weighted by atomic mass is 10.1. The average Bonchev–Trinajstić information content (AvgIpc) is 2.40. The molecule has 1 unspecified atom stereocenters. The predicted octanol–water partition coefficient (Wildman–Crippen LogP) is -0.148. The van der Waals surface area contributed by atoms with Crippen LogP contribution in [0.2, 0.25) is 0 Å². The van der Waals surface area contributed by atoms with Crippen molar-refractivity contribution >= 4 is 5.78 Å². The van der Waals surface area contributed by atoms with Crippen LogP contribution in [0.25, 0.3) is 0 Å². The highest BCUT2D eigenvalue weighted by molar-refractivity contribution is 6.07. The van der Waals surface area contributed by atoms with Gasteiger partial charge in [-0.2, -0.15) is 0 Å². The molecule has 1 aromatic rings. The largest absolute Gasteiger partial charge is 0.305 e. The summed E-state index contributed by atoms with van der Waals surface area (Å²) in [5, 5.41) is 0. The van der Waals surface area contributed by atoms with Crippen LogP contribution >= 0.6 is 0 Å². The van der Waals surface area contributed by atoms with Gasteiger partial charge in [-0.3, -0.25) is 10.6 Å². The number of hydrogen-bond acceptors (Lipinski definition) is 4. The van der Waals surface area contributed by atoms with E-state index in [-0.39, 0.29) is 5.78 Å². The summed E-state index contributed by atoms with van der Waals surface area (Å²) < 4.78 is 0. The Hall–Kier alpha value is -1.23. The Bertz CT molecular complexity index is 402. The lowest BCUT2D eigenvalue weighted by Gasteiger charge is -2.19. The molecule has 1 aliphatic rings. The minimum Gasteiger partial charge on any atom is -0.305 e. The normalized spacial score (nSPS) is 25.2. The van der Waals surface area contributed by atoms with Crippen LogP contribution in [0.4, 0.5) is 0 Å². The van der Waals surface area contributed by atoms with Gasteiger partial charge < -0.3 is 5.73 Å². The first-order valence-corrected chi connectivity index (χ1v) is 4.48. The monoisotopic (exact) mass is 191 g/mol. The number of fused-ring (bicyclic) bond motifs is 1. The lowest BCUT2D eigenvalue weighted by molar-refractivity contribution is 0.0877. The van der Waals surface area contributed by atoms with Crippen LogP contribution in [0.1, 0.15) is 21.5 Å². The molecule has 0 saturated carbocycles. The molecular weight excluding hydrogens is 178 g/mol. The van der Waals surface area contributed by atoms with Gasteiger partial charge in [0.15, 0.2) is 5.78 Å². The Balaban J connectivity index is 2.51. The molecule has 14 heavy (non-hydrogen) atoms. The van der Waals surface area contributed by atoms with Crippen LogP contribution in [0, 0.1) is 6.92 Å². The first-order valence-electron chi connectivity index (χ1n) is 4.48. The molecular formula is C10H13N3O. The fraction of sp³-hybridized carbons (Fsp3) is 0.300. The Kier molecular flexibility index (Phi) is 1.92. The minimum atomic E-state index is -1.11. The molecule has 0 fully saturated rings. The zero-order valence-electron chi connectivity index (χ0n) is 8.00. The summed E-state index contributed by atoms with van der Waals surface area (Å²) in [6.07, 6.45) is 0.458. The Labute approximate surface area is 82.2 Å². The summed E-state index contributed by atoms with van der Waals surface area (Å²) in [7, 11) is 0. The van der Waals surface area contributed by atoms with Crippen molar-refractivity contribution in [2.24, 2.45) is 11.6 Å². The topological polar surface area (TPSA) is 81.1 Å². The number of hydrazine groups is 1. The van der Waals surface area contributed by atoms with Gasteiger partial charge in [-0.15, -0.1) is 0 Å². The molecule has 0 amide bonds. The molecule has 1 aliphatic carbocycles. The van der Waals surface area contributed by atoms with E-state index in [1.165, 1.54) is 0 Å². The maximum atomic E-state index is 11.8. The molecule has 0 saturated heterocycles. The number of aryl methyl sites for hydroxylation is 1. The fourth-order valence-corrected chi connectivity index (χ4v) is 1.83. The molecule has 0 bridgehead atoms. The second-order valence-corrected chi connectivity index (χ2v) is 3.78. The van der Waals surface area contributed by atoms with E-state index in [0.717, 1.165) is 11.1 Å². The van der Waals surface area contributed by atoms with Gasteiger partial charge >= 0.3 is 0 Å². The van der Waals surface area contributed by atoms with Crippen LogP contribution in [-0.4, -0.2) is 11.4 Å². The van der Waals surface area contributed by atoms with E-state index in [2.05, 4.69) is 5.43 Å². The van der Waals surface area contributed by atoms with Crippen LogP contribution in [0.15, 0.2) is 18.2 Å². The molecule has 4 nitrogen and oxygen atoms in total. The number of hydrogen-bond donors (Lipinski definition) is 3. The lowest BCUT2D eigenvalue weighted by Crippen LogP contribution is -2.61. The first kappa shape index (κ1) is 9.33. The van der Waals surface area contributed by atoms with Crippen molar-refractivity contribution in [2.75, 3.05) is 0 Å². The molecule has 1 aromatic carbocycles. The zero-order chi connectivity index (χ0) is 10.3. The third-order valence-corrected chi connectivity index (χ3v) is 2.64. The number of nitrogens with one attached hydrogen (secondary N) is 1. The van der Waals surface area contributed by atoms with Gasteiger partial charge in [0.2, 0.25) is 0 Å². The summed E-state index contributed by atoms with van der Waals surface area (Å²) >= 11 is 0. The maximum Gasteiger partial charge on any atom is 0.199 e. The molecule has 0 spiro atoms. The van der Waals surface area contributed by atoms with Crippen molar-refractivity contribution in [1.29, 1.82) is 0 Å². The van der Waals surface area contributed by atoms with E-state index < -0.39 is 5.66 Å². The molecule has 5 N–H and O–H groups in total.